The number of nitriles is 1. The Kier molecular flexibility index (Phi) is 4.08. The lowest BCUT2D eigenvalue weighted by molar-refractivity contribution is 0.533. The molecule has 1 N–H and O–H groups in total. The molecule has 0 bridgehead atoms. The number of oxazole rings is 1. The van der Waals surface area contributed by atoms with Crippen LogP contribution in [0.1, 0.15) is 43.5 Å². The summed E-state index contributed by atoms with van der Waals surface area (Å²) in [5.74, 6) is 0.691. The molecule has 1 heterocycles. The van der Waals surface area contributed by atoms with Crippen molar-refractivity contribution in [2.75, 3.05) is 5.43 Å². The molecule has 0 amide bonds. The summed E-state index contributed by atoms with van der Waals surface area (Å²) in [5.41, 5.74) is 5.26. The Morgan fingerprint density at radius 2 is 1.95 bits per heavy atom. The van der Waals surface area contributed by atoms with E-state index in [2.05, 4.69) is 48.4 Å². The molecular weight excluding hydrogens is 264 g/mol. The van der Waals surface area contributed by atoms with Crippen LogP contribution in [0.5, 0.6) is 0 Å². The Morgan fingerprint density at radius 1 is 1.29 bits per heavy atom. The molecule has 0 aliphatic rings. The first-order valence-corrected chi connectivity index (χ1v) is 6.67. The summed E-state index contributed by atoms with van der Waals surface area (Å²) in [7, 11) is 0. The Balaban J connectivity index is 2.06. The van der Waals surface area contributed by atoms with E-state index in [1.807, 2.05) is 18.2 Å². The summed E-state index contributed by atoms with van der Waals surface area (Å²) >= 11 is 0. The zero-order valence-corrected chi connectivity index (χ0v) is 12.6. The number of hydrogen-bond acceptors (Lipinski definition) is 5. The number of aryl methyl sites for hydroxylation is 1. The van der Waals surface area contributed by atoms with E-state index in [9.17, 15) is 0 Å². The first-order valence-electron chi connectivity index (χ1n) is 6.67. The van der Waals surface area contributed by atoms with Crippen LogP contribution in [0.15, 0.2) is 33.8 Å². The van der Waals surface area contributed by atoms with Crippen molar-refractivity contribution < 1.29 is 4.42 Å². The van der Waals surface area contributed by atoms with Gasteiger partial charge in [0, 0.05) is 6.92 Å². The number of hydrogen-bond donors (Lipinski definition) is 1. The zero-order valence-electron chi connectivity index (χ0n) is 12.6. The van der Waals surface area contributed by atoms with Gasteiger partial charge in [0.2, 0.25) is 5.69 Å². The lowest BCUT2D eigenvalue weighted by atomic mass is 9.87. The number of hydrazone groups is 1. The van der Waals surface area contributed by atoms with Gasteiger partial charge in [-0.15, -0.1) is 0 Å². The van der Waals surface area contributed by atoms with Crippen LogP contribution in [0.2, 0.25) is 0 Å². The van der Waals surface area contributed by atoms with E-state index in [1.165, 1.54) is 5.56 Å². The van der Waals surface area contributed by atoms with Gasteiger partial charge in [0.25, 0.3) is 5.88 Å². The third-order valence-corrected chi connectivity index (χ3v) is 3.00. The maximum Gasteiger partial charge on any atom is 0.252 e. The van der Waals surface area contributed by atoms with Gasteiger partial charge in [-0.25, -0.2) is 10.4 Å². The van der Waals surface area contributed by atoms with Crippen LogP contribution in [0.3, 0.4) is 0 Å². The molecule has 21 heavy (non-hydrogen) atoms. The maximum atomic E-state index is 8.89. The molecule has 2 aromatic rings. The van der Waals surface area contributed by atoms with Gasteiger partial charge in [0.15, 0.2) is 5.89 Å². The number of nitrogens with zero attached hydrogens (tertiary/aromatic N) is 3. The van der Waals surface area contributed by atoms with Crippen molar-refractivity contribution in [2.24, 2.45) is 5.10 Å². The summed E-state index contributed by atoms with van der Waals surface area (Å²) in [6, 6.07) is 10.1. The van der Waals surface area contributed by atoms with Crippen LogP contribution in [-0.4, -0.2) is 11.2 Å². The summed E-state index contributed by atoms with van der Waals surface area (Å²) in [4.78, 5) is 3.93. The standard InChI is InChI=1S/C16H18N4O/c1-11-19-14(9-17)15(21-11)20-18-10-12-5-7-13(8-6-12)16(2,3)4/h5-8,10,20H,1-4H3/b18-10+. The van der Waals surface area contributed by atoms with Gasteiger partial charge >= 0.3 is 0 Å². The lowest BCUT2D eigenvalue weighted by Gasteiger charge is -2.18. The van der Waals surface area contributed by atoms with Crippen molar-refractivity contribution in [2.45, 2.75) is 33.1 Å². The summed E-state index contributed by atoms with van der Waals surface area (Å²) in [6.45, 7) is 8.20. The molecule has 5 heteroatoms. The second kappa shape index (κ2) is 5.80. The fraction of sp³-hybridized carbons (Fsp3) is 0.312. The molecule has 1 aromatic carbocycles. The number of rotatable bonds is 3. The number of anilines is 1. The van der Waals surface area contributed by atoms with E-state index < -0.39 is 0 Å². The molecule has 2 rings (SSSR count). The van der Waals surface area contributed by atoms with Crippen LogP contribution in [0.25, 0.3) is 0 Å². The molecule has 0 fully saturated rings. The van der Waals surface area contributed by atoms with Gasteiger partial charge in [0.05, 0.1) is 6.21 Å². The minimum absolute atomic E-state index is 0.132. The van der Waals surface area contributed by atoms with Crippen molar-refractivity contribution in [3.63, 3.8) is 0 Å². The molecule has 0 saturated carbocycles. The minimum atomic E-state index is 0.132. The minimum Gasteiger partial charge on any atom is -0.422 e. The van der Waals surface area contributed by atoms with Gasteiger partial charge in [0.1, 0.15) is 6.07 Å². The van der Waals surface area contributed by atoms with Crippen LogP contribution in [-0.2, 0) is 5.41 Å². The molecule has 0 spiro atoms. The third-order valence-electron chi connectivity index (χ3n) is 3.00. The summed E-state index contributed by atoms with van der Waals surface area (Å²) < 4.78 is 5.25. The number of nitrogens with one attached hydrogen (secondary N) is 1. The van der Waals surface area contributed by atoms with E-state index in [0.29, 0.717) is 5.89 Å². The van der Waals surface area contributed by atoms with E-state index in [-0.39, 0.29) is 17.0 Å². The first-order chi connectivity index (χ1) is 9.90. The van der Waals surface area contributed by atoms with Crippen LogP contribution in [0.4, 0.5) is 5.88 Å². The lowest BCUT2D eigenvalue weighted by Crippen LogP contribution is -2.10. The molecule has 0 atom stereocenters. The van der Waals surface area contributed by atoms with Gasteiger partial charge in [-0.2, -0.15) is 10.4 Å². The summed E-state index contributed by atoms with van der Waals surface area (Å²) in [5, 5.41) is 13.0. The Bertz CT molecular complexity index is 685. The van der Waals surface area contributed by atoms with Crippen LogP contribution < -0.4 is 5.43 Å². The quantitative estimate of drug-likeness (QED) is 0.689. The van der Waals surface area contributed by atoms with Crippen molar-refractivity contribution in [3.8, 4) is 6.07 Å². The Hall–Kier alpha value is -2.61. The molecule has 1 aromatic heterocycles. The van der Waals surface area contributed by atoms with Gasteiger partial charge in [-0.05, 0) is 16.5 Å². The highest BCUT2D eigenvalue weighted by molar-refractivity contribution is 5.80. The van der Waals surface area contributed by atoms with E-state index >= 15 is 0 Å². The van der Waals surface area contributed by atoms with E-state index in [1.54, 1.807) is 13.1 Å². The largest absolute Gasteiger partial charge is 0.422 e. The van der Waals surface area contributed by atoms with Crippen LogP contribution >= 0.6 is 0 Å². The van der Waals surface area contributed by atoms with Gasteiger partial charge in [-0.1, -0.05) is 45.0 Å². The van der Waals surface area contributed by atoms with E-state index in [4.69, 9.17) is 9.68 Å². The molecule has 108 valence electrons. The SMILES string of the molecule is Cc1nc(C#N)c(N/N=C/c2ccc(C(C)(C)C)cc2)o1. The van der Waals surface area contributed by atoms with E-state index in [0.717, 1.165) is 5.56 Å². The second-order valence-corrected chi connectivity index (χ2v) is 5.76. The average Bonchev–Trinajstić information content (AvgIpc) is 2.79. The topological polar surface area (TPSA) is 74.2 Å². The predicted octanol–water partition coefficient (Wildman–Crippen LogP) is 3.60. The fourth-order valence-corrected chi connectivity index (χ4v) is 1.81. The van der Waals surface area contributed by atoms with Crippen molar-refractivity contribution in [1.82, 2.24) is 4.98 Å². The monoisotopic (exact) mass is 282 g/mol. The van der Waals surface area contributed by atoms with Gasteiger partial charge < -0.3 is 4.42 Å². The highest BCUT2D eigenvalue weighted by Gasteiger charge is 2.12. The average molecular weight is 282 g/mol. The summed E-state index contributed by atoms with van der Waals surface area (Å²) in [6.07, 6.45) is 1.67. The highest BCUT2D eigenvalue weighted by Crippen LogP contribution is 2.21. The van der Waals surface area contributed by atoms with Crippen molar-refractivity contribution >= 4 is 12.1 Å². The molecular formula is C16H18N4O. The molecule has 5 nitrogen and oxygen atoms in total. The second-order valence-electron chi connectivity index (χ2n) is 5.76. The van der Waals surface area contributed by atoms with Crippen molar-refractivity contribution in [3.05, 3.63) is 47.0 Å². The first kappa shape index (κ1) is 14.8. The highest BCUT2D eigenvalue weighted by atomic mass is 16.4. The predicted molar refractivity (Wildman–Crippen MR) is 82.3 cm³/mol. The zero-order chi connectivity index (χ0) is 15.5. The number of benzene rings is 1. The molecule has 0 unspecified atom stereocenters. The molecule has 0 aliphatic heterocycles. The molecule has 0 saturated heterocycles. The smallest absolute Gasteiger partial charge is 0.252 e. The molecule has 0 aliphatic carbocycles. The van der Waals surface area contributed by atoms with Crippen molar-refractivity contribution in [1.29, 1.82) is 5.26 Å². The molecule has 0 radical (unpaired) electrons. The van der Waals surface area contributed by atoms with Crippen LogP contribution in [0, 0.1) is 18.3 Å². The Morgan fingerprint density at radius 3 is 2.52 bits per heavy atom. The third kappa shape index (κ3) is 3.69. The van der Waals surface area contributed by atoms with Gasteiger partial charge in [-0.3, -0.25) is 0 Å². The normalized spacial score (nSPS) is 11.6. The Labute approximate surface area is 124 Å². The fourth-order valence-electron chi connectivity index (χ4n) is 1.81. The number of aromatic nitrogens is 1. The maximum absolute atomic E-state index is 8.89.